The second-order valence-corrected chi connectivity index (χ2v) is 16.5. The number of nitrogens with one attached hydrogen (secondary N) is 1. The Morgan fingerprint density at radius 1 is 1.18 bits per heavy atom. The van der Waals surface area contributed by atoms with E-state index in [1.165, 1.54) is 19.5 Å². The largest absolute Gasteiger partial charge is 0.494 e. The van der Waals surface area contributed by atoms with Gasteiger partial charge in [0, 0.05) is 40.4 Å². The number of carbonyl (C=O) groups is 3. The van der Waals surface area contributed by atoms with Crippen molar-refractivity contribution in [2.75, 3.05) is 18.6 Å². The monoisotopic (exact) mass is 738 g/mol. The van der Waals surface area contributed by atoms with Gasteiger partial charge in [0.2, 0.25) is 15.9 Å². The van der Waals surface area contributed by atoms with Crippen molar-refractivity contribution in [3.05, 3.63) is 66.1 Å². The van der Waals surface area contributed by atoms with Gasteiger partial charge in [0.1, 0.15) is 17.4 Å². The first kappa shape index (κ1) is 36.7. The second kappa shape index (κ2) is 13.8. The predicted octanol–water partition coefficient (Wildman–Crippen LogP) is 3.76. The number of likely N-dealkylation sites (tertiary alicyclic amines) is 1. The van der Waals surface area contributed by atoms with Gasteiger partial charge >= 0.3 is 0 Å². The van der Waals surface area contributed by atoms with Crippen molar-refractivity contribution in [1.82, 2.24) is 19.6 Å². The van der Waals surface area contributed by atoms with Crippen LogP contribution in [-0.2, 0) is 24.4 Å². The molecule has 1 saturated heterocycles. The number of anilines is 1. The number of nitrogens with zero attached hydrogens (tertiary/aromatic N) is 4. The van der Waals surface area contributed by atoms with Crippen molar-refractivity contribution in [3.63, 3.8) is 0 Å². The number of nitrogens with two attached hydrogens (primary N) is 1. The zero-order valence-corrected chi connectivity index (χ0v) is 30.8. The lowest BCUT2D eigenvalue weighted by atomic mass is 9.96. The lowest BCUT2D eigenvalue weighted by molar-refractivity contribution is -0.134. The zero-order chi connectivity index (χ0) is 37.0. The van der Waals surface area contributed by atoms with E-state index in [0.29, 0.717) is 39.9 Å². The van der Waals surface area contributed by atoms with E-state index in [1.807, 2.05) is 0 Å². The lowest BCUT2D eigenvalue weighted by Gasteiger charge is -2.36. The average Bonchev–Trinajstić information content (AvgIpc) is 4.02. The molecule has 3 fully saturated rings. The van der Waals surface area contributed by atoms with Gasteiger partial charge in [-0.1, -0.05) is 38.4 Å². The van der Waals surface area contributed by atoms with Crippen molar-refractivity contribution in [3.8, 4) is 11.6 Å². The van der Waals surface area contributed by atoms with Gasteiger partial charge in [0.25, 0.3) is 17.7 Å². The number of hydrogen-bond acceptors (Lipinski definition) is 11. The molecule has 6 rings (SSSR count). The van der Waals surface area contributed by atoms with Crippen molar-refractivity contribution < 1.29 is 32.3 Å². The fourth-order valence-corrected chi connectivity index (χ4v) is 8.52. The molecule has 51 heavy (non-hydrogen) atoms. The summed E-state index contributed by atoms with van der Waals surface area (Å²) in [5.41, 5.74) is 5.85. The smallest absolute Gasteiger partial charge is 0.254 e. The SMILES string of the molecule is C=C[C@@H]1C[C@@]1(C(=O)NS(=O)(=O)C1CC1)N1C[C@H](Oc2ncc(OC)c3ccc(Cl)cc23)C(C)[C@H]1C(=O)N(C(=O)[C@@H](N)C(C)C)c1cncc(C)c1. The molecule has 6 atom stereocenters. The molecule has 1 aromatic carbocycles. The number of aryl methyl sites for hydroxylation is 1. The third-order valence-electron chi connectivity index (χ3n) is 10.2. The first-order chi connectivity index (χ1) is 24.1. The summed E-state index contributed by atoms with van der Waals surface area (Å²) >= 11 is 6.38. The number of fused-ring (bicyclic) bond motifs is 1. The topological polar surface area (TPSA) is 174 Å². The van der Waals surface area contributed by atoms with Gasteiger partial charge in [-0.05, 0) is 61.9 Å². The molecular formula is C36H43ClN6O7S. The first-order valence-electron chi connectivity index (χ1n) is 16.9. The first-order valence-corrected chi connectivity index (χ1v) is 18.9. The number of halogens is 1. The summed E-state index contributed by atoms with van der Waals surface area (Å²) in [7, 11) is -2.41. The minimum absolute atomic E-state index is 0.0128. The van der Waals surface area contributed by atoms with Crippen LogP contribution in [0.1, 0.15) is 45.6 Å². The van der Waals surface area contributed by atoms with Crippen LogP contribution in [0, 0.1) is 24.7 Å². The van der Waals surface area contributed by atoms with Crippen LogP contribution in [0.4, 0.5) is 5.69 Å². The molecule has 2 aliphatic carbocycles. The molecular weight excluding hydrogens is 696 g/mol. The summed E-state index contributed by atoms with van der Waals surface area (Å²) in [5, 5.41) is 1.06. The maximum atomic E-state index is 15.1. The molecule has 2 saturated carbocycles. The van der Waals surface area contributed by atoms with Crippen LogP contribution in [0.15, 0.2) is 55.5 Å². The van der Waals surface area contributed by atoms with Crippen LogP contribution in [0.5, 0.6) is 11.6 Å². The van der Waals surface area contributed by atoms with Gasteiger partial charge in [-0.2, -0.15) is 0 Å². The zero-order valence-electron chi connectivity index (χ0n) is 29.2. The Balaban J connectivity index is 1.46. The number of aromatic nitrogens is 2. The van der Waals surface area contributed by atoms with E-state index in [9.17, 15) is 18.0 Å². The summed E-state index contributed by atoms with van der Waals surface area (Å²) in [6, 6.07) is 4.70. The van der Waals surface area contributed by atoms with Crippen LogP contribution in [-0.4, -0.2) is 83.6 Å². The van der Waals surface area contributed by atoms with Gasteiger partial charge < -0.3 is 15.2 Å². The summed E-state index contributed by atoms with van der Waals surface area (Å²) < 4.78 is 40.5. The van der Waals surface area contributed by atoms with E-state index >= 15 is 4.79 Å². The normalized spacial score (nSPS) is 25.3. The summed E-state index contributed by atoms with van der Waals surface area (Å²) in [6.45, 7) is 11.1. The van der Waals surface area contributed by atoms with Gasteiger partial charge in [0.15, 0.2) is 0 Å². The number of hydrogen-bond donors (Lipinski definition) is 2. The highest BCUT2D eigenvalue weighted by atomic mass is 35.5. The fourth-order valence-electron chi connectivity index (χ4n) is 6.99. The van der Waals surface area contributed by atoms with Gasteiger partial charge in [0.05, 0.1) is 42.5 Å². The van der Waals surface area contributed by atoms with E-state index in [1.54, 1.807) is 69.1 Å². The average molecular weight is 739 g/mol. The molecule has 15 heteroatoms. The highest BCUT2D eigenvalue weighted by Gasteiger charge is 2.68. The maximum absolute atomic E-state index is 15.1. The molecule has 3 heterocycles. The second-order valence-electron chi connectivity index (χ2n) is 14.1. The summed E-state index contributed by atoms with van der Waals surface area (Å²) in [5.74, 6) is -2.76. The number of carbonyl (C=O) groups excluding carboxylic acids is 3. The van der Waals surface area contributed by atoms with Crippen LogP contribution in [0.25, 0.3) is 10.8 Å². The van der Waals surface area contributed by atoms with Crippen molar-refractivity contribution in [2.45, 2.75) is 75.9 Å². The van der Waals surface area contributed by atoms with Crippen LogP contribution in [0.2, 0.25) is 5.02 Å². The number of imide groups is 1. The number of ether oxygens (including phenoxy) is 2. The Kier molecular flexibility index (Phi) is 9.92. The quantitative estimate of drug-likeness (QED) is 0.259. The number of benzene rings is 1. The number of rotatable bonds is 12. The molecule has 3 N–H and O–H groups in total. The van der Waals surface area contributed by atoms with Gasteiger partial charge in [-0.25, -0.2) is 18.3 Å². The van der Waals surface area contributed by atoms with Gasteiger partial charge in [-0.15, -0.1) is 6.58 Å². The summed E-state index contributed by atoms with van der Waals surface area (Å²) in [6.07, 6.45) is 6.50. The Labute approximate surface area is 302 Å². The van der Waals surface area contributed by atoms with E-state index in [4.69, 9.17) is 26.8 Å². The fraction of sp³-hybridized carbons (Fsp3) is 0.472. The maximum Gasteiger partial charge on any atom is 0.254 e. The molecule has 0 radical (unpaired) electrons. The molecule has 1 unspecified atom stereocenters. The number of sulfonamides is 1. The van der Waals surface area contributed by atoms with Crippen molar-refractivity contribution in [2.24, 2.45) is 23.5 Å². The molecule has 1 aliphatic heterocycles. The van der Waals surface area contributed by atoms with Crippen LogP contribution < -0.4 is 24.8 Å². The predicted molar refractivity (Wildman–Crippen MR) is 193 cm³/mol. The highest BCUT2D eigenvalue weighted by molar-refractivity contribution is 7.91. The van der Waals surface area contributed by atoms with Crippen LogP contribution >= 0.6 is 11.6 Å². The number of amides is 3. The minimum atomic E-state index is -3.94. The van der Waals surface area contributed by atoms with Crippen molar-refractivity contribution >= 4 is 55.8 Å². The third kappa shape index (κ3) is 6.70. The summed E-state index contributed by atoms with van der Waals surface area (Å²) in [4.78, 5) is 54.8. The lowest BCUT2D eigenvalue weighted by Crippen LogP contribution is -2.60. The number of pyridine rings is 2. The Bertz CT molecular complexity index is 2010. The van der Waals surface area contributed by atoms with E-state index < -0.39 is 68.6 Å². The molecule has 3 aromatic rings. The number of methoxy groups -OCH3 is 1. The minimum Gasteiger partial charge on any atom is -0.494 e. The van der Waals surface area contributed by atoms with E-state index in [2.05, 4.69) is 21.3 Å². The molecule has 13 nitrogen and oxygen atoms in total. The molecule has 0 bridgehead atoms. The molecule has 272 valence electrons. The van der Waals surface area contributed by atoms with E-state index in [-0.39, 0.29) is 30.5 Å². The van der Waals surface area contributed by atoms with Crippen molar-refractivity contribution in [1.29, 1.82) is 0 Å². The Morgan fingerprint density at radius 3 is 2.51 bits per heavy atom. The Hall–Kier alpha value is -4.11. The molecule has 3 aliphatic rings. The molecule has 3 amide bonds. The van der Waals surface area contributed by atoms with E-state index in [0.717, 1.165) is 4.90 Å². The Morgan fingerprint density at radius 2 is 1.90 bits per heavy atom. The molecule has 2 aromatic heterocycles. The third-order valence-corrected chi connectivity index (χ3v) is 12.3. The highest BCUT2D eigenvalue weighted by Crippen LogP contribution is 2.54. The standard InChI is InChI=1S/C36H43ClN6O7S/c1-7-22-14-36(22,35(46)41-51(47,48)25-9-10-25)42-18-29(50-32-27-13-23(37)8-11-26(27)28(49-6)17-40-32)21(5)31(42)34(45)43(33(44)30(38)19(2)3)24-12-20(4)15-39-16-24/h7-8,11-13,15-17,19,21-22,25,29-31H,1,9-10,14,18,38H2,2-6H3,(H,41,46)/t21?,22-,29+,30+,31+,36-/m1/s1. The van der Waals surface area contributed by atoms with Crippen LogP contribution in [0.3, 0.4) is 0 Å². The van der Waals surface area contributed by atoms with Gasteiger partial charge in [-0.3, -0.25) is 29.0 Å². The molecule has 0 spiro atoms.